The quantitative estimate of drug-likeness (QED) is 0.483. The Bertz CT molecular complexity index is 381. The normalized spacial score (nSPS) is 9.67. The first-order valence-electron chi connectivity index (χ1n) is 4.24. The number of hydrogen-bond acceptors (Lipinski definition) is 3. The third-order valence-corrected chi connectivity index (χ3v) is 1.89. The van der Waals surface area contributed by atoms with Gasteiger partial charge < -0.3 is 5.32 Å². The lowest BCUT2D eigenvalue weighted by molar-refractivity contribution is -0.384. The lowest BCUT2D eigenvalue weighted by Gasteiger charge is -2.02. The molecule has 0 radical (unpaired) electrons. The van der Waals surface area contributed by atoms with Crippen LogP contribution in [0.2, 0.25) is 0 Å². The largest absolute Gasteiger partial charge is 0.351 e. The maximum absolute atomic E-state index is 11.4. The molecule has 1 aromatic carbocycles. The first kappa shape index (κ1) is 11.5. The molecule has 0 fully saturated rings. The van der Waals surface area contributed by atoms with Crippen LogP contribution in [-0.2, 0) is 0 Å². The van der Waals surface area contributed by atoms with Crippen LogP contribution in [0.3, 0.4) is 0 Å². The van der Waals surface area contributed by atoms with Gasteiger partial charge in [-0.05, 0) is 6.07 Å². The van der Waals surface area contributed by atoms with Crippen molar-refractivity contribution < 1.29 is 9.72 Å². The first-order valence-corrected chi connectivity index (χ1v) is 4.77. The molecule has 0 bridgehead atoms. The number of alkyl halides is 1. The molecule has 1 aromatic rings. The van der Waals surface area contributed by atoms with Gasteiger partial charge in [0.05, 0.1) is 4.92 Å². The van der Waals surface area contributed by atoms with Crippen LogP contribution in [0.15, 0.2) is 24.3 Å². The summed E-state index contributed by atoms with van der Waals surface area (Å²) >= 11 is 5.39. The van der Waals surface area contributed by atoms with E-state index in [1.807, 2.05) is 0 Å². The van der Waals surface area contributed by atoms with E-state index in [4.69, 9.17) is 11.6 Å². The van der Waals surface area contributed by atoms with Crippen LogP contribution >= 0.6 is 11.6 Å². The van der Waals surface area contributed by atoms with Crippen molar-refractivity contribution in [3.8, 4) is 0 Å². The van der Waals surface area contributed by atoms with Crippen LogP contribution < -0.4 is 5.32 Å². The molecule has 0 aromatic heterocycles. The molecule has 1 rings (SSSR count). The van der Waals surface area contributed by atoms with Crippen molar-refractivity contribution in [1.29, 1.82) is 0 Å². The summed E-state index contributed by atoms with van der Waals surface area (Å²) in [4.78, 5) is 21.3. The molecule has 0 aliphatic heterocycles. The summed E-state index contributed by atoms with van der Waals surface area (Å²) in [6.45, 7) is 0.336. The van der Waals surface area contributed by atoms with Crippen molar-refractivity contribution in [2.45, 2.75) is 0 Å². The summed E-state index contributed by atoms with van der Waals surface area (Å²) in [6.07, 6.45) is 0. The fraction of sp³-hybridized carbons (Fsp3) is 0.222. The van der Waals surface area contributed by atoms with Gasteiger partial charge in [-0.25, -0.2) is 0 Å². The van der Waals surface area contributed by atoms with Crippen LogP contribution in [0.5, 0.6) is 0 Å². The monoisotopic (exact) mass is 228 g/mol. The van der Waals surface area contributed by atoms with E-state index in [0.717, 1.165) is 0 Å². The zero-order valence-electron chi connectivity index (χ0n) is 7.77. The third kappa shape index (κ3) is 3.21. The van der Waals surface area contributed by atoms with Crippen molar-refractivity contribution in [2.24, 2.45) is 0 Å². The maximum atomic E-state index is 11.4. The highest BCUT2D eigenvalue weighted by Crippen LogP contribution is 2.12. The second kappa shape index (κ2) is 5.31. The molecular formula is C9H9ClN2O3. The van der Waals surface area contributed by atoms with Gasteiger partial charge in [0.2, 0.25) is 0 Å². The van der Waals surface area contributed by atoms with Gasteiger partial charge in [0, 0.05) is 30.1 Å². The number of carbonyl (C=O) groups excluding carboxylic acids is 1. The number of carbonyl (C=O) groups is 1. The summed E-state index contributed by atoms with van der Waals surface area (Å²) in [5.41, 5.74) is 0.155. The third-order valence-electron chi connectivity index (χ3n) is 1.70. The van der Waals surface area contributed by atoms with Crippen molar-refractivity contribution in [2.75, 3.05) is 12.4 Å². The molecule has 1 N–H and O–H groups in total. The standard InChI is InChI=1S/C9H9ClN2O3/c10-4-5-11-9(13)7-2-1-3-8(6-7)12(14)15/h1-3,6H,4-5H2,(H,11,13). The molecule has 0 spiro atoms. The van der Waals surface area contributed by atoms with Crippen LogP contribution in [-0.4, -0.2) is 23.3 Å². The Balaban J connectivity index is 2.81. The molecule has 0 saturated heterocycles. The topological polar surface area (TPSA) is 72.2 Å². The van der Waals surface area contributed by atoms with E-state index in [0.29, 0.717) is 12.4 Å². The summed E-state index contributed by atoms with van der Waals surface area (Å²) in [5.74, 6) is -0.0555. The van der Waals surface area contributed by atoms with E-state index in [2.05, 4.69) is 5.32 Å². The predicted molar refractivity (Wildman–Crippen MR) is 56.1 cm³/mol. The Morgan fingerprint density at radius 1 is 1.53 bits per heavy atom. The van der Waals surface area contributed by atoms with E-state index in [-0.39, 0.29) is 17.2 Å². The number of non-ortho nitro benzene ring substituents is 1. The number of nitro benzene ring substituents is 1. The van der Waals surface area contributed by atoms with E-state index in [1.54, 1.807) is 0 Å². The predicted octanol–water partition coefficient (Wildman–Crippen LogP) is 1.56. The Hall–Kier alpha value is -1.62. The van der Waals surface area contributed by atoms with E-state index < -0.39 is 4.92 Å². The van der Waals surface area contributed by atoms with Crippen LogP contribution in [0.1, 0.15) is 10.4 Å². The van der Waals surface area contributed by atoms with E-state index in [1.165, 1.54) is 24.3 Å². The Morgan fingerprint density at radius 2 is 2.27 bits per heavy atom. The van der Waals surface area contributed by atoms with Crippen molar-refractivity contribution >= 4 is 23.2 Å². The number of rotatable bonds is 4. The Kier molecular flexibility index (Phi) is 4.05. The highest BCUT2D eigenvalue weighted by atomic mass is 35.5. The number of hydrogen-bond donors (Lipinski definition) is 1. The number of amides is 1. The fourth-order valence-electron chi connectivity index (χ4n) is 1.02. The highest BCUT2D eigenvalue weighted by Gasteiger charge is 2.10. The van der Waals surface area contributed by atoms with Gasteiger partial charge in [-0.1, -0.05) is 6.07 Å². The lowest BCUT2D eigenvalue weighted by atomic mass is 10.2. The van der Waals surface area contributed by atoms with Gasteiger partial charge in [0.25, 0.3) is 11.6 Å². The lowest BCUT2D eigenvalue weighted by Crippen LogP contribution is -2.25. The van der Waals surface area contributed by atoms with Crippen molar-refractivity contribution in [3.05, 3.63) is 39.9 Å². The van der Waals surface area contributed by atoms with Gasteiger partial charge in [-0.3, -0.25) is 14.9 Å². The van der Waals surface area contributed by atoms with Crippen molar-refractivity contribution in [1.82, 2.24) is 5.32 Å². The van der Waals surface area contributed by atoms with E-state index in [9.17, 15) is 14.9 Å². The van der Waals surface area contributed by atoms with Gasteiger partial charge >= 0.3 is 0 Å². The van der Waals surface area contributed by atoms with Gasteiger partial charge in [-0.2, -0.15) is 0 Å². The van der Waals surface area contributed by atoms with Crippen molar-refractivity contribution in [3.63, 3.8) is 0 Å². The molecule has 1 amide bonds. The average molecular weight is 229 g/mol. The summed E-state index contributed by atoms with van der Waals surface area (Å²) in [5, 5.41) is 13.0. The van der Waals surface area contributed by atoms with Gasteiger partial charge in [0.1, 0.15) is 0 Å². The molecule has 0 aliphatic rings. The zero-order chi connectivity index (χ0) is 11.3. The fourth-order valence-corrected chi connectivity index (χ4v) is 1.12. The van der Waals surface area contributed by atoms with Gasteiger partial charge in [0.15, 0.2) is 0 Å². The maximum Gasteiger partial charge on any atom is 0.270 e. The number of halogens is 1. The molecule has 15 heavy (non-hydrogen) atoms. The molecule has 0 saturated carbocycles. The number of benzene rings is 1. The molecule has 0 heterocycles. The molecule has 5 nitrogen and oxygen atoms in total. The number of nitro groups is 1. The second-order valence-electron chi connectivity index (χ2n) is 2.75. The number of nitrogens with one attached hydrogen (secondary N) is 1. The van der Waals surface area contributed by atoms with E-state index >= 15 is 0 Å². The molecule has 0 unspecified atom stereocenters. The Morgan fingerprint density at radius 3 is 2.87 bits per heavy atom. The van der Waals surface area contributed by atoms with Crippen LogP contribution in [0, 0.1) is 10.1 Å². The summed E-state index contributed by atoms with van der Waals surface area (Å²) < 4.78 is 0. The molecule has 80 valence electrons. The Labute approximate surface area is 91.2 Å². The minimum atomic E-state index is -0.543. The molecular weight excluding hydrogens is 220 g/mol. The minimum Gasteiger partial charge on any atom is -0.351 e. The molecule has 6 heteroatoms. The summed E-state index contributed by atoms with van der Waals surface area (Å²) in [6, 6.07) is 5.53. The summed E-state index contributed by atoms with van der Waals surface area (Å²) in [7, 11) is 0. The minimum absolute atomic E-state index is 0.103. The molecule has 0 aliphatic carbocycles. The number of nitrogens with zero attached hydrogens (tertiary/aromatic N) is 1. The second-order valence-corrected chi connectivity index (χ2v) is 3.13. The van der Waals surface area contributed by atoms with Crippen LogP contribution in [0.4, 0.5) is 5.69 Å². The zero-order valence-corrected chi connectivity index (χ0v) is 8.53. The molecule has 0 atom stereocenters. The smallest absolute Gasteiger partial charge is 0.270 e. The highest BCUT2D eigenvalue weighted by molar-refractivity contribution is 6.18. The first-order chi connectivity index (χ1) is 7.15. The average Bonchev–Trinajstić information content (AvgIpc) is 2.26. The van der Waals surface area contributed by atoms with Gasteiger partial charge in [-0.15, -0.1) is 11.6 Å². The SMILES string of the molecule is O=C(NCCCl)c1cccc([N+](=O)[O-])c1. The van der Waals surface area contributed by atoms with Crippen LogP contribution in [0.25, 0.3) is 0 Å².